The number of rotatable bonds is 3. The van der Waals surface area contributed by atoms with Gasteiger partial charge in [0.15, 0.2) is 0 Å². The maximum absolute atomic E-state index is 5.89. The minimum Gasteiger partial charge on any atom is -0.378 e. The third-order valence-corrected chi connectivity index (χ3v) is 5.17. The second-order valence-corrected chi connectivity index (χ2v) is 6.65. The van der Waals surface area contributed by atoms with Crippen molar-refractivity contribution in [3.63, 3.8) is 0 Å². The molecule has 7 nitrogen and oxygen atoms in total. The van der Waals surface area contributed by atoms with E-state index in [0.717, 1.165) is 38.4 Å². The Labute approximate surface area is 129 Å². The molecule has 2 saturated heterocycles. The van der Waals surface area contributed by atoms with Gasteiger partial charge in [0.25, 0.3) is 0 Å². The standard InChI is InChI=1S/C13H22N6OS/c1-2-10-9-19(5-8-21-10)13-16-11(14)15-12(17-13)18-3-6-20-7-4-18/h10H,2-9H2,1H3,(H2,14,15,16,17). The van der Waals surface area contributed by atoms with E-state index in [9.17, 15) is 0 Å². The molecule has 3 rings (SSSR count). The first-order chi connectivity index (χ1) is 10.3. The second kappa shape index (κ2) is 6.65. The lowest BCUT2D eigenvalue weighted by atomic mass is 10.3. The molecule has 0 amide bonds. The van der Waals surface area contributed by atoms with Crippen LogP contribution in [0.25, 0.3) is 0 Å². The van der Waals surface area contributed by atoms with Gasteiger partial charge in [-0.25, -0.2) is 0 Å². The topological polar surface area (TPSA) is 80.4 Å². The van der Waals surface area contributed by atoms with Gasteiger partial charge in [-0.2, -0.15) is 26.7 Å². The van der Waals surface area contributed by atoms with Gasteiger partial charge in [0.1, 0.15) is 0 Å². The number of hydrogen-bond donors (Lipinski definition) is 1. The third-order valence-electron chi connectivity index (χ3n) is 3.80. The monoisotopic (exact) mass is 310 g/mol. The van der Waals surface area contributed by atoms with Gasteiger partial charge in [-0.3, -0.25) is 0 Å². The molecule has 1 unspecified atom stereocenters. The van der Waals surface area contributed by atoms with Crippen molar-refractivity contribution in [2.24, 2.45) is 0 Å². The number of morpholine rings is 1. The molecule has 3 heterocycles. The van der Waals surface area contributed by atoms with Gasteiger partial charge in [-0.15, -0.1) is 0 Å². The molecular formula is C13H22N6OS. The molecule has 8 heteroatoms. The Balaban J connectivity index is 1.80. The number of ether oxygens (including phenoxy) is 1. The number of nitrogen functional groups attached to an aromatic ring is 1. The summed E-state index contributed by atoms with van der Waals surface area (Å²) >= 11 is 2.03. The first-order valence-electron chi connectivity index (χ1n) is 7.47. The van der Waals surface area contributed by atoms with Crippen LogP contribution < -0.4 is 15.5 Å². The predicted octanol–water partition coefficient (Wildman–Crippen LogP) is 0.622. The summed E-state index contributed by atoms with van der Waals surface area (Å²) in [6.45, 7) is 7.19. The molecule has 2 aliphatic heterocycles. The molecule has 0 saturated carbocycles. The Morgan fingerprint density at radius 3 is 2.57 bits per heavy atom. The first kappa shape index (κ1) is 14.6. The molecule has 2 fully saturated rings. The number of anilines is 3. The fourth-order valence-electron chi connectivity index (χ4n) is 2.56. The lowest BCUT2D eigenvalue weighted by molar-refractivity contribution is 0.122. The van der Waals surface area contributed by atoms with Crippen LogP contribution in [0.15, 0.2) is 0 Å². The zero-order valence-corrected chi connectivity index (χ0v) is 13.2. The minimum atomic E-state index is 0.299. The molecule has 0 spiro atoms. The zero-order valence-electron chi connectivity index (χ0n) is 12.4. The molecule has 1 aromatic rings. The summed E-state index contributed by atoms with van der Waals surface area (Å²) in [6.07, 6.45) is 1.16. The smallest absolute Gasteiger partial charge is 0.232 e. The van der Waals surface area contributed by atoms with Crippen LogP contribution in [-0.2, 0) is 4.74 Å². The number of nitrogens with zero attached hydrogens (tertiary/aromatic N) is 5. The Kier molecular flexibility index (Phi) is 4.64. The highest BCUT2D eigenvalue weighted by Crippen LogP contribution is 2.25. The van der Waals surface area contributed by atoms with Crippen LogP contribution in [0.2, 0.25) is 0 Å². The molecule has 0 radical (unpaired) electrons. The van der Waals surface area contributed by atoms with E-state index in [2.05, 4.69) is 31.7 Å². The maximum atomic E-state index is 5.89. The summed E-state index contributed by atoms with van der Waals surface area (Å²) in [7, 11) is 0. The zero-order chi connectivity index (χ0) is 14.7. The minimum absolute atomic E-state index is 0.299. The molecule has 21 heavy (non-hydrogen) atoms. The summed E-state index contributed by atoms with van der Waals surface area (Å²) in [5.74, 6) is 2.79. The predicted molar refractivity (Wildman–Crippen MR) is 86.0 cm³/mol. The molecule has 1 atom stereocenters. The Morgan fingerprint density at radius 1 is 1.14 bits per heavy atom. The summed E-state index contributed by atoms with van der Waals surface area (Å²) in [6, 6.07) is 0. The lowest BCUT2D eigenvalue weighted by Gasteiger charge is -2.33. The quantitative estimate of drug-likeness (QED) is 0.870. The van der Waals surface area contributed by atoms with Gasteiger partial charge in [-0.05, 0) is 6.42 Å². The van der Waals surface area contributed by atoms with Crippen LogP contribution in [-0.4, -0.2) is 65.3 Å². The van der Waals surface area contributed by atoms with Crippen LogP contribution >= 0.6 is 11.8 Å². The van der Waals surface area contributed by atoms with Gasteiger partial charge < -0.3 is 20.3 Å². The molecular weight excluding hydrogens is 288 g/mol. The summed E-state index contributed by atoms with van der Waals surface area (Å²) in [5, 5.41) is 0.642. The van der Waals surface area contributed by atoms with Crippen molar-refractivity contribution in [3.8, 4) is 0 Å². The molecule has 2 N–H and O–H groups in total. The summed E-state index contributed by atoms with van der Waals surface area (Å²) in [5.41, 5.74) is 5.89. The van der Waals surface area contributed by atoms with Crippen LogP contribution in [0.3, 0.4) is 0 Å². The molecule has 0 bridgehead atoms. The second-order valence-electron chi connectivity index (χ2n) is 5.24. The van der Waals surface area contributed by atoms with Gasteiger partial charge >= 0.3 is 0 Å². The Bertz CT molecular complexity index is 482. The van der Waals surface area contributed by atoms with E-state index >= 15 is 0 Å². The van der Waals surface area contributed by atoms with E-state index in [1.807, 2.05) is 11.8 Å². The molecule has 2 aliphatic rings. The largest absolute Gasteiger partial charge is 0.378 e. The van der Waals surface area contributed by atoms with E-state index in [4.69, 9.17) is 10.5 Å². The van der Waals surface area contributed by atoms with Crippen molar-refractivity contribution in [2.75, 3.05) is 60.7 Å². The third kappa shape index (κ3) is 3.49. The highest BCUT2D eigenvalue weighted by molar-refractivity contribution is 8.00. The number of hydrogen-bond acceptors (Lipinski definition) is 8. The summed E-state index contributed by atoms with van der Waals surface area (Å²) in [4.78, 5) is 17.6. The van der Waals surface area contributed by atoms with Gasteiger partial charge in [0, 0.05) is 37.2 Å². The molecule has 0 aromatic carbocycles. The van der Waals surface area contributed by atoms with Gasteiger partial charge in [-0.1, -0.05) is 6.92 Å². The van der Waals surface area contributed by atoms with E-state index in [1.165, 1.54) is 0 Å². The van der Waals surface area contributed by atoms with Gasteiger partial charge in [0.2, 0.25) is 17.8 Å². The van der Waals surface area contributed by atoms with E-state index < -0.39 is 0 Å². The fourth-order valence-corrected chi connectivity index (χ4v) is 3.74. The van der Waals surface area contributed by atoms with E-state index in [-0.39, 0.29) is 0 Å². The molecule has 116 valence electrons. The van der Waals surface area contributed by atoms with Crippen LogP contribution in [0, 0.1) is 0 Å². The normalized spacial score (nSPS) is 23.4. The van der Waals surface area contributed by atoms with Crippen LogP contribution in [0.5, 0.6) is 0 Å². The highest BCUT2D eigenvalue weighted by atomic mass is 32.2. The first-order valence-corrected chi connectivity index (χ1v) is 8.52. The Hall–Kier alpha value is -1.28. The molecule has 0 aliphatic carbocycles. The summed E-state index contributed by atoms with van der Waals surface area (Å²) < 4.78 is 5.37. The van der Waals surface area contributed by atoms with Crippen molar-refractivity contribution in [1.82, 2.24) is 15.0 Å². The highest BCUT2D eigenvalue weighted by Gasteiger charge is 2.23. The molecule has 1 aromatic heterocycles. The number of nitrogens with two attached hydrogens (primary N) is 1. The van der Waals surface area contributed by atoms with Crippen molar-refractivity contribution in [2.45, 2.75) is 18.6 Å². The van der Waals surface area contributed by atoms with E-state index in [0.29, 0.717) is 36.3 Å². The number of thioether (sulfide) groups is 1. The van der Waals surface area contributed by atoms with Gasteiger partial charge in [0.05, 0.1) is 13.2 Å². The van der Waals surface area contributed by atoms with Crippen molar-refractivity contribution in [3.05, 3.63) is 0 Å². The maximum Gasteiger partial charge on any atom is 0.232 e. The number of aromatic nitrogens is 3. The Morgan fingerprint density at radius 2 is 1.86 bits per heavy atom. The van der Waals surface area contributed by atoms with Crippen molar-refractivity contribution in [1.29, 1.82) is 0 Å². The average Bonchev–Trinajstić information content (AvgIpc) is 2.55. The fraction of sp³-hybridized carbons (Fsp3) is 0.769. The lowest BCUT2D eigenvalue weighted by Crippen LogP contribution is -2.40. The van der Waals surface area contributed by atoms with Crippen LogP contribution in [0.1, 0.15) is 13.3 Å². The van der Waals surface area contributed by atoms with E-state index in [1.54, 1.807) is 0 Å². The van der Waals surface area contributed by atoms with Crippen molar-refractivity contribution < 1.29 is 4.74 Å². The SMILES string of the molecule is CCC1CN(c2nc(N)nc(N3CCOCC3)n2)CCS1. The average molecular weight is 310 g/mol. The van der Waals surface area contributed by atoms with Crippen LogP contribution in [0.4, 0.5) is 17.8 Å². The van der Waals surface area contributed by atoms with Crippen molar-refractivity contribution >= 4 is 29.6 Å².